The molecule has 5 rings (SSSR count). The Bertz CT molecular complexity index is 1300. The Labute approximate surface area is 188 Å². The topological polar surface area (TPSA) is 93.7 Å². The van der Waals surface area contributed by atoms with Gasteiger partial charge in [0.25, 0.3) is 0 Å². The third-order valence-corrected chi connectivity index (χ3v) is 5.94. The summed E-state index contributed by atoms with van der Waals surface area (Å²) in [5, 5.41) is 22.4. The number of halogens is 2. The average Bonchev–Trinajstić information content (AvgIpc) is 3.34. The van der Waals surface area contributed by atoms with Crippen molar-refractivity contribution in [3.05, 3.63) is 77.6 Å². The van der Waals surface area contributed by atoms with E-state index in [0.717, 1.165) is 5.56 Å². The fourth-order valence-corrected chi connectivity index (χ4v) is 4.19. The summed E-state index contributed by atoms with van der Waals surface area (Å²) in [5.41, 5.74) is 0.716. The number of aromatic nitrogens is 6. The number of rotatable bonds is 4. The normalized spacial score (nSPS) is 20.3. The van der Waals surface area contributed by atoms with Gasteiger partial charge in [0.1, 0.15) is 29.5 Å². The van der Waals surface area contributed by atoms with Crippen molar-refractivity contribution in [1.82, 2.24) is 29.5 Å². The second-order valence-corrected chi connectivity index (χ2v) is 8.58. The highest BCUT2D eigenvalue weighted by molar-refractivity contribution is 5.56. The summed E-state index contributed by atoms with van der Waals surface area (Å²) in [4.78, 5) is 8.68. The van der Waals surface area contributed by atoms with E-state index < -0.39 is 11.4 Å². The van der Waals surface area contributed by atoms with Crippen molar-refractivity contribution < 1.29 is 13.9 Å². The van der Waals surface area contributed by atoms with Crippen molar-refractivity contribution in [1.29, 1.82) is 0 Å². The lowest BCUT2D eigenvalue weighted by Gasteiger charge is -2.24. The van der Waals surface area contributed by atoms with Gasteiger partial charge < -0.3 is 10.4 Å². The summed E-state index contributed by atoms with van der Waals surface area (Å²) in [6.07, 6.45) is 2.30. The van der Waals surface area contributed by atoms with E-state index in [1.54, 1.807) is 42.8 Å². The number of anilines is 2. The molecule has 0 amide bonds. The number of aliphatic hydroxyl groups is 1. The van der Waals surface area contributed by atoms with E-state index in [9.17, 15) is 13.9 Å². The Hall–Kier alpha value is -3.66. The maximum Gasteiger partial charge on any atom is 0.246 e. The largest absolute Gasteiger partial charge is 0.390 e. The first-order valence-electron chi connectivity index (χ1n) is 10.7. The molecule has 1 aliphatic heterocycles. The average molecular weight is 451 g/mol. The SMILES string of the molecule is Cc1ncnn1-c1ccc(Nc2nc3n(n2)CC[C@](C)(O)C[C@@H]3c2ccc(F)cc2)cc1F. The first kappa shape index (κ1) is 21.2. The van der Waals surface area contributed by atoms with E-state index in [-0.39, 0.29) is 11.7 Å². The maximum atomic E-state index is 14.7. The number of nitrogens with one attached hydrogen (secondary N) is 1. The van der Waals surface area contributed by atoms with E-state index >= 15 is 0 Å². The summed E-state index contributed by atoms with van der Waals surface area (Å²) in [5.74, 6) is 0.515. The first-order valence-corrected chi connectivity index (χ1v) is 10.7. The van der Waals surface area contributed by atoms with Gasteiger partial charge in [-0.15, -0.1) is 5.10 Å². The molecule has 170 valence electrons. The van der Waals surface area contributed by atoms with Crippen LogP contribution in [0.2, 0.25) is 0 Å². The predicted octanol–water partition coefficient (Wildman–Crippen LogP) is 3.87. The monoisotopic (exact) mass is 451 g/mol. The van der Waals surface area contributed by atoms with Gasteiger partial charge in [-0.25, -0.2) is 23.1 Å². The molecule has 33 heavy (non-hydrogen) atoms. The van der Waals surface area contributed by atoms with Crippen LogP contribution in [0.15, 0.2) is 48.8 Å². The van der Waals surface area contributed by atoms with E-state index in [0.29, 0.717) is 48.4 Å². The van der Waals surface area contributed by atoms with Crippen molar-refractivity contribution in [2.24, 2.45) is 0 Å². The van der Waals surface area contributed by atoms with Crippen LogP contribution >= 0.6 is 0 Å². The van der Waals surface area contributed by atoms with Crippen molar-refractivity contribution in [2.45, 2.75) is 44.8 Å². The van der Waals surface area contributed by atoms with Gasteiger partial charge in [0, 0.05) is 18.2 Å². The fourth-order valence-electron chi connectivity index (χ4n) is 4.19. The summed E-state index contributed by atoms with van der Waals surface area (Å²) in [6.45, 7) is 4.01. The summed E-state index contributed by atoms with van der Waals surface area (Å²) in [7, 11) is 0. The quantitative estimate of drug-likeness (QED) is 0.489. The predicted molar refractivity (Wildman–Crippen MR) is 117 cm³/mol. The second kappa shape index (κ2) is 8.04. The third kappa shape index (κ3) is 4.21. The van der Waals surface area contributed by atoms with E-state index in [4.69, 9.17) is 0 Å². The molecule has 0 bridgehead atoms. The van der Waals surface area contributed by atoms with Gasteiger partial charge in [-0.1, -0.05) is 12.1 Å². The summed E-state index contributed by atoms with van der Waals surface area (Å²) in [6, 6.07) is 10.9. The molecule has 2 aromatic carbocycles. The zero-order valence-corrected chi connectivity index (χ0v) is 18.2. The molecule has 2 aromatic heterocycles. The lowest BCUT2D eigenvalue weighted by Crippen LogP contribution is -2.26. The Balaban J connectivity index is 1.45. The molecule has 2 N–H and O–H groups in total. The number of hydrogen-bond acceptors (Lipinski definition) is 6. The van der Waals surface area contributed by atoms with Gasteiger partial charge in [0.15, 0.2) is 5.82 Å². The Morgan fingerprint density at radius 2 is 1.94 bits per heavy atom. The number of benzene rings is 2. The molecule has 0 unspecified atom stereocenters. The second-order valence-electron chi connectivity index (χ2n) is 8.58. The molecule has 0 aliphatic carbocycles. The fraction of sp³-hybridized carbons (Fsp3) is 0.304. The highest BCUT2D eigenvalue weighted by atomic mass is 19.1. The molecule has 0 spiro atoms. The number of aryl methyl sites for hydroxylation is 2. The highest BCUT2D eigenvalue weighted by Gasteiger charge is 2.34. The number of hydrogen-bond donors (Lipinski definition) is 2. The minimum absolute atomic E-state index is 0.263. The smallest absolute Gasteiger partial charge is 0.246 e. The highest BCUT2D eigenvalue weighted by Crippen LogP contribution is 2.37. The molecular formula is C23H23F2N7O. The van der Waals surface area contributed by atoms with Crippen molar-refractivity contribution in [3.63, 3.8) is 0 Å². The lowest BCUT2D eigenvalue weighted by atomic mass is 9.86. The molecular weight excluding hydrogens is 428 g/mol. The molecule has 0 fully saturated rings. The van der Waals surface area contributed by atoms with Gasteiger partial charge in [-0.3, -0.25) is 0 Å². The molecule has 0 radical (unpaired) electrons. The molecule has 4 aromatic rings. The molecule has 0 saturated carbocycles. The van der Waals surface area contributed by atoms with E-state index in [2.05, 4.69) is 25.5 Å². The minimum atomic E-state index is -0.909. The van der Waals surface area contributed by atoms with E-state index in [1.807, 2.05) is 0 Å². The van der Waals surface area contributed by atoms with E-state index in [1.165, 1.54) is 29.2 Å². The lowest BCUT2D eigenvalue weighted by molar-refractivity contribution is 0.0384. The van der Waals surface area contributed by atoms with Crippen LogP contribution in [-0.2, 0) is 6.54 Å². The van der Waals surface area contributed by atoms with Crippen LogP contribution in [0.25, 0.3) is 5.69 Å². The van der Waals surface area contributed by atoms with Gasteiger partial charge in [-0.2, -0.15) is 10.1 Å². The van der Waals surface area contributed by atoms with Gasteiger partial charge >= 0.3 is 0 Å². The van der Waals surface area contributed by atoms with Gasteiger partial charge in [0.2, 0.25) is 5.95 Å². The molecule has 2 atom stereocenters. The number of fused-ring (bicyclic) bond motifs is 1. The Morgan fingerprint density at radius 1 is 1.15 bits per heavy atom. The van der Waals surface area contributed by atoms with Crippen LogP contribution in [-0.4, -0.2) is 40.2 Å². The van der Waals surface area contributed by atoms with Crippen molar-refractivity contribution >= 4 is 11.6 Å². The Morgan fingerprint density at radius 3 is 2.64 bits per heavy atom. The first-order chi connectivity index (χ1) is 15.8. The van der Waals surface area contributed by atoms with Crippen LogP contribution in [0, 0.1) is 18.6 Å². The summed E-state index contributed by atoms with van der Waals surface area (Å²) >= 11 is 0. The minimum Gasteiger partial charge on any atom is -0.390 e. The zero-order chi connectivity index (χ0) is 23.2. The zero-order valence-electron chi connectivity index (χ0n) is 18.2. The molecule has 10 heteroatoms. The molecule has 3 heterocycles. The molecule has 1 aliphatic rings. The van der Waals surface area contributed by atoms with Crippen LogP contribution in [0.4, 0.5) is 20.4 Å². The van der Waals surface area contributed by atoms with Crippen LogP contribution in [0.3, 0.4) is 0 Å². The van der Waals surface area contributed by atoms with Crippen LogP contribution < -0.4 is 5.32 Å². The molecule has 8 nitrogen and oxygen atoms in total. The van der Waals surface area contributed by atoms with Crippen LogP contribution in [0.1, 0.15) is 42.9 Å². The number of nitrogens with zero attached hydrogens (tertiary/aromatic N) is 6. The third-order valence-electron chi connectivity index (χ3n) is 5.94. The van der Waals surface area contributed by atoms with Crippen molar-refractivity contribution in [3.8, 4) is 5.69 Å². The van der Waals surface area contributed by atoms with Crippen LogP contribution in [0.5, 0.6) is 0 Å². The standard InChI is InChI=1S/C23H23F2N7O/c1-14-26-13-27-32(14)20-8-7-17(11-19(20)25)28-22-29-21-18(15-3-5-16(24)6-4-15)12-23(2,33)9-10-31(21)30-22/h3-8,11,13,18,33H,9-10,12H2,1-2H3,(H,28,30)/t18-,23+/m1/s1. The van der Waals surface area contributed by atoms with Gasteiger partial charge in [-0.05, 0) is 62.6 Å². The maximum absolute atomic E-state index is 14.7. The van der Waals surface area contributed by atoms with Gasteiger partial charge in [0.05, 0.1) is 5.60 Å². The van der Waals surface area contributed by atoms with Crippen molar-refractivity contribution in [2.75, 3.05) is 5.32 Å². The Kier molecular flexibility index (Phi) is 5.16. The summed E-state index contributed by atoms with van der Waals surface area (Å²) < 4.78 is 31.4. The molecule has 0 saturated heterocycles.